The number of rotatable bonds is 2. The van der Waals surface area contributed by atoms with Crippen molar-refractivity contribution in [1.29, 1.82) is 0 Å². The minimum atomic E-state index is -1.60. The predicted octanol–water partition coefficient (Wildman–Crippen LogP) is 6.52. The summed E-state index contributed by atoms with van der Waals surface area (Å²) in [5.74, 6) is 0. The van der Waals surface area contributed by atoms with Crippen molar-refractivity contribution < 1.29 is 0 Å². The second kappa shape index (κ2) is 5.37. The van der Waals surface area contributed by atoms with E-state index in [4.69, 9.17) is 0 Å². The van der Waals surface area contributed by atoms with Gasteiger partial charge in [-0.05, 0) is 69.8 Å². The Hall–Kier alpha value is -0.773. The molecular formula is C20H21BrSSi. The number of hydrogen-bond donors (Lipinski definition) is 0. The first-order valence-electron chi connectivity index (χ1n) is 8.16. The van der Waals surface area contributed by atoms with Gasteiger partial charge in [0.1, 0.15) is 8.07 Å². The van der Waals surface area contributed by atoms with Crippen LogP contribution < -0.4 is 0 Å². The van der Waals surface area contributed by atoms with Gasteiger partial charge in [-0.25, -0.2) is 0 Å². The summed E-state index contributed by atoms with van der Waals surface area (Å²) in [6.45, 7) is 9.65. The SMILES string of the molecule is CC1=C([Si](C)(C)C2=CC=CC2)C2=CC3SC(Br)=CC3=C(C)C2=C1. The first-order chi connectivity index (χ1) is 10.9. The van der Waals surface area contributed by atoms with Crippen molar-refractivity contribution in [2.75, 3.05) is 0 Å². The first kappa shape index (κ1) is 15.7. The van der Waals surface area contributed by atoms with E-state index in [1.165, 1.54) is 31.7 Å². The van der Waals surface area contributed by atoms with Crippen LogP contribution in [0.5, 0.6) is 0 Å². The van der Waals surface area contributed by atoms with Gasteiger partial charge in [0, 0.05) is 0 Å². The van der Waals surface area contributed by atoms with Crippen LogP contribution in [0.1, 0.15) is 20.3 Å². The molecule has 0 aromatic carbocycles. The van der Waals surface area contributed by atoms with Crippen molar-refractivity contribution in [2.24, 2.45) is 0 Å². The molecule has 3 heteroatoms. The van der Waals surface area contributed by atoms with Crippen LogP contribution in [0.4, 0.5) is 0 Å². The van der Waals surface area contributed by atoms with Gasteiger partial charge in [0.2, 0.25) is 0 Å². The lowest BCUT2D eigenvalue weighted by Crippen LogP contribution is -2.34. The fourth-order valence-electron chi connectivity index (χ4n) is 4.27. The molecule has 4 rings (SSSR count). The number of allylic oxidation sites excluding steroid dienone is 11. The van der Waals surface area contributed by atoms with Crippen LogP contribution in [-0.2, 0) is 0 Å². The van der Waals surface area contributed by atoms with Gasteiger partial charge in [0.15, 0.2) is 0 Å². The largest absolute Gasteiger partial charge is 0.109 e. The second-order valence-electron chi connectivity index (χ2n) is 7.21. The van der Waals surface area contributed by atoms with E-state index < -0.39 is 8.07 Å². The summed E-state index contributed by atoms with van der Waals surface area (Å²) >= 11 is 5.61. The minimum absolute atomic E-state index is 0.484. The molecular weight excluding hydrogens is 380 g/mol. The normalized spacial score (nSPS) is 26.2. The zero-order valence-corrected chi connectivity index (χ0v) is 17.4. The van der Waals surface area contributed by atoms with E-state index in [0.717, 1.165) is 6.42 Å². The molecule has 0 fully saturated rings. The molecule has 1 heterocycles. The van der Waals surface area contributed by atoms with Gasteiger partial charge in [-0.1, -0.05) is 54.2 Å². The van der Waals surface area contributed by atoms with Gasteiger partial charge >= 0.3 is 0 Å². The van der Waals surface area contributed by atoms with Crippen LogP contribution >= 0.6 is 27.7 Å². The molecule has 1 unspecified atom stereocenters. The molecule has 1 aliphatic heterocycles. The fraction of sp³-hybridized carbons (Fsp3) is 0.300. The van der Waals surface area contributed by atoms with Crippen LogP contribution in [0.25, 0.3) is 0 Å². The molecule has 3 aliphatic carbocycles. The molecule has 0 amide bonds. The van der Waals surface area contributed by atoms with E-state index in [-0.39, 0.29) is 0 Å². The van der Waals surface area contributed by atoms with E-state index in [0.29, 0.717) is 5.25 Å². The smallest absolute Gasteiger partial charge is 0.106 e. The summed E-state index contributed by atoms with van der Waals surface area (Å²) in [6, 6.07) is 0. The predicted molar refractivity (Wildman–Crippen MR) is 109 cm³/mol. The Morgan fingerprint density at radius 1 is 1.17 bits per heavy atom. The van der Waals surface area contributed by atoms with Crippen LogP contribution in [0.15, 0.2) is 78.5 Å². The lowest BCUT2D eigenvalue weighted by molar-refractivity contribution is 1.17. The molecule has 4 aliphatic rings. The zero-order valence-electron chi connectivity index (χ0n) is 14.0. The Labute approximate surface area is 152 Å². The Bertz CT molecular complexity index is 828. The third-order valence-corrected chi connectivity index (χ3v) is 11.2. The maximum atomic E-state index is 3.68. The molecule has 118 valence electrons. The van der Waals surface area contributed by atoms with Crippen LogP contribution in [0, 0.1) is 0 Å². The molecule has 0 aromatic rings. The lowest BCUT2D eigenvalue weighted by atomic mass is 9.89. The third-order valence-electron chi connectivity index (χ3n) is 5.48. The van der Waals surface area contributed by atoms with E-state index in [1.54, 1.807) is 10.4 Å². The maximum absolute atomic E-state index is 3.68. The van der Waals surface area contributed by atoms with Crippen molar-refractivity contribution in [3.8, 4) is 0 Å². The quantitative estimate of drug-likeness (QED) is 0.475. The van der Waals surface area contributed by atoms with Crippen molar-refractivity contribution >= 4 is 35.8 Å². The Balaban J connectivity index is 1.79. The molecule has 0 N–H and O–H groups in total. The summed E-state index contributed by atoms with van der Waals surface area (Å²) in [5.41, 5.74) is 7.43. The second-order valence-corrected chi connectivity index (χ2v) is 14.2. The number of halogens is 1. The van der Waals surface area contributed by atoms with E-state index in [9.17, 15) is 0 Å². The van der Waals surface area contributed by atoms with Crippen molar-refractivity contribution in [2.45, 2.75) is 38.6 Å². The van der Waals surface area contributed by atoms with E-state index >= 15 is 0 Å². The van der Waals surface area contributed by atoms with Gasteiger partial charge in [-0.2, -0.15) is 0 Å². The topological polar surface area (TPSA) is 0 Å². The summed E-state index contributed by atoms with van der Waals surface area (Å²) in [7, 11) is -1.60. The standard InChI is InChI=1S/C20H21BrSSi/c1-12-9-15-13(2)16-11-19(21)22-18(16)10-17(15)20(12)23(3,4)14-7-5-6-8-14/h5-7,9-11,18H,8H2,1-4H3. The monoisotopic (exact) mass is 400 g/mol. The summed E-state index contributed by atoms with van der Waals surface area (Å²) in [4.78, 5) is 0. The molecule has 0 aromatic heterocycles. The maximum Gasteiger partial charge on any atom is 0.109 e. The summed E-state index contributed by atoms with van der Waals surface area (Å²) < 4.78 is 1.26. The highest BCUT2D eigenvalue weighted by Gasteiger charge is 2.40. The van der Waals surface area contributed by atoms with Crippen molar-refractivity contribution in [3.05, 3.63) is 78.5 Å². The van der Waals surface area contributed by atoms with Gasteiger partial charge < -0.3 is 0 Å². The zero-order chi connectivity index (χ0) is 16.4. The summed E-state index contributed by atoms with van der Waals surface area (Å²) in [6.07, 6.45) is 15.3. The summed E-state index contributed by atoms with van der Waals surface area (Å²) in [5, 5.41) is 3.80. The van der Waals surface area contributed by atoms with Crippen molar-refractivity contribution in [1.82, 2.24) is 0 Å². The van der Waals surface area contributed by atoms with Crippen LogP contribution in [0.2, 0.25) is 13.1 Å². The van der Waals surface area contributed by atoms with Crippen LogP contribution in [-0.4, -0.2) is 13.3 Å². The van der Waals surface area contributed by atoms with Gasteiger partial charge in [0.25, 0.3) is 0 Å². The highest BCUT2D eigenvalue weighted by Crippen LogP contribution is 2.52. The number of hydrogen-bond acceptors (Lipinski definition) is 1. The third kappa shape index (κ3) is 2.31. The average Bonchev–Trinajstić information content (AvgIpc) is 3.17. The highest BCUT2D eigenvalue weighted by molar-refractivity contribution is 9.14. The molecule has 0 saturated carbocycles. The highest BCUT2D eigenvalue weighted by atomic mass is 79.9. The van der Waals surface area contributed by atoms with Crippen molar-refractivity contribution in [3.63, 3.8) is 0 Å². The Kier molecular flexibility index (Phi) is 3.67. The minimum Gasteiger partial charge on any atom is -0.106 e. The average molecular weight is 401 g/mol. The Morgan fingerprint density at radius 2 is 1.96 bits per heavy atom. The lowest BCUT2D eigenvalue weighted by Gasteiger charge is -2.31. The number of fused-ring (bicyclic) bond motifs is 2. The van der Waals surface area contributed by atoms with Crippen LogP contribution in [0.3, 0.4) is 0 Å². The molecule has 1 atom stereocenters. The Morgan fingerprint density at radius 3 is 2.65 bits per heavy atom. The van der Waals surface area contributed by atoms with Gasteiger partial charge in [-0.15, -0.1) is 11.8 Å². The first-order valence-corrected chi connectivity index (χ1v) is 12.8. The molecule has 0 bridgehead atoms. The molecule has 0 nitrogen and oxygen atoms in total. The van der Waals surface area contributed by atoms with E-state index in [1.807, 2.05) is 11.8 Å². The molecule has 0 saturated heterocycles. The van der Waals surface area contributed by atoms with E-state index in [2.05, 4.69) is 79.3 Å². The van der Waals surface area contributed by atoms with Gasteiger partial charge in [-0.3, -0.25) is 0 Å². The fourth-order valence-corrected chi connectivity index (χ4v) is 9.55. The number of thioether (sulfide) groups is 1. The molecule has 0 spiro atoms. The molecule has 23 heavy (non-hydrogen) atoms. The molecule has 0 radical (unpaired) electrons. The van der Waals surface area contributed by atoms with Gasteiger partial charge in [0.05, 0.1) is 9.06 Å².